The van der Waals surface area contributed by atoms with E-state index in [9.17, 15) is 19.2 Å². The maximum atomic E-state index is 13.0. The molecule has 3 rings (SSSR count). The minimum Gasteiger partial charge on any atom is -0.465 e. The van der Waals surface area contributed by atoms with E-state index in [1.54, 1.807) is 48.5 Å². The summed E-state index contributed by atoms with van der Waals surface area (Å²) >= 11 is 6.15. The second kappa shape index (κ2) is 11.8. The minimum absolute atomic E-state index is 0.0601. The number of carbonyl (C=O) groups excluding carboxylic acids is 4. The monoisotopic (exact) mass is 494 g/mol. The maximum absolute atomic E-state index is 13.0. The van der Waals surface area contributed by atoms with Gasteiger partial charge in [-0.2, -0.15) is 0 Å². The quantitative estimate of drug-likeness (QED) is 0.449. The molecule has 0 saturated carbocycles. The summed E-state index contributed by atoms with van der Waals surface area (Å²) in [6.07, 6.45) is -0.163. The molecule has 0 spiro atoms. The molecular formula is C26H23ClN2O6. The fraction of sp³-hybridized carbons (Fsp3) is 0.154. The van der Waals surface area contributed by atoms with Gasteiger partial charge in [-0.25, -0.2) is 9.59 Å². The van der Waals surface area contributed by atoms with Gasteiger partial charge in [0.1, 0.15) is 0 Å². The number of hydrogen-bond acceptors (Lipinski definition) is 6. The highest BCUT2D eigenvalue weighted by atomic mass is 35.5. The fourth-order valence-corrected chi connectivity index (χ4v) is 3.61. The van der Waals surface area contributed by atoms with Gasteiger partial charge in [0.25, 0.3) is 5.91 Å². The van der Waals surface area contributed by atoms with Gasteiger partial charge in [-0.3, -0.25) is 9.59 Å². The summed E-state index contributed by atoms with van der Waals surface area (Å²) in [5.41, 5.74) is 1.25. The van der Waals surface area contributed by atoms with E-state index in [-0.39, 0.29) is 33.8 Å². The molecule has 2 amide bonds. The van der Waals surface area contributed by atoms with Crippen molar-refractivity contribution in [2.45, 2.75) is 12.5 Å². The summed E-state index contributed by atoms with van der Waals surface area (Å²) in [6, 6.07) is 18.9. The molecule has 1 unspecified atom stereocenters. The van der Waals surface area contributed by atoms with E-state index in [0.717, 1.165) is 0 Å². The van der Waals surface area contributed by atoms with Crippen LogP contribution in [-0.4, -0.2) is 38.0 Å². The van der Waals surface area contributed by atoms with Gasteiger partial charge in [0.05, 0.1) is 54.1 Å². The van der Waals surface area contributed by atoms with Crippen LogP contribution in [0.5, 0.6) is 0 Å². The Hall–Kier alpha value is -4.17. The zero-order valence-corrected chi connectivity index (χ0v) is 19.8. The van der Waals surface area contributed by atoms with Crippen molar-refractivity contribution in [1.29, 1.82) is 0 Å². The van der Waals surface area contributed by atoms with Gasteiger partial charge in [-0.15, -0.1) is 0 Å². The highest BCUT2D eigenvalue weighted by Crippen LogP contribution is 2.23. The number of esters is 2. The number of ether oxygens (including phenoxy) is 2. The zero-order valence-electron chi connectivity index (χ0n) is 19.0. The molecule has 35 heavy (non-hydrogen) atoms. The molecule has 3 aromatic rings. The SMILES string of the molecule is COC(=O)c1ccc(C(=O)OC)c(NC(=O)CC(NC(=O)c2ccccc2Cl)c2ccccc2)c1. The molecule has 0 aliphatic carbocycles. The summed E-state index contributed by atoms with van der Waals surface area (Å²) in [6.45, 7) is 0. The molecule has 0 heterocycles. The first-order valence-corrected chi connectivity index (χ1v) is 10.9. The second-order valence-corrected chi connectivity index (χ2v) is 7.82. The first-order valence-electron chi connectivity index (χ1n) is 10.5. The van der Waals surface area contributed by atoms with Crippen molar-refractivity contribution in [2.24, 2.45) is 0 Å². The first kappa shape index (κ1) is 25.5. The maximum Gasteiger partial charge on any atom is 0.339 e. The van der Waals surface area contributed by atoms with E-state index in [4.69, 9.17) is 21.1 Å². The average molecular weight is 495 g/mol. The predicted octanol–water partition coefficient (Wildman–Crippen LogP) is 4.41. The molecule has 0 fully saturated rings. The van der Waals surface area contributed by atoms with Gasteiger partial charge in [-0.1, -0.05) is 54.1 Å². The normalized spacial score (nSPS) is 11.2. The zero-order chi connectivity index (χ0) is 25.4. The minimum atomic E-state index is -0.703. The van der Waals surface area contributed by atoms with Crippen LogP contribution in [0.2, 0.25) is 5.02 Å². The van der Waals surface area contributed by atoms with Crippen LogP contribution in [0.25, 0.3) is 0 Å². The third-order valence-electron chi connectivity index (χ3n) is 5.14. The Kier molecular flexibility index (Phi) is 8.58. The third kappa shape index (κ3) is 6.45. The van der Waals surface area contributed by atoms with Crippen LogP contribution >= 0.6 is 11.6 Å². The Labute approximate surface area is 207 Å². The van der Waals surface area contributed by atoms with Crippen LogP contribution in [-0.2, 0) is 14.3 Å². The van der Waals surface area contributed by atoms with Gasteiger partial charge in [0.2, 0.25) is 5.91 Å². The first-order chi connectivity index (χ1) is 16.8. The molecule has 0 aromatic heterocycles. The molecule has 9 heteroatoms. The summed E-state index contributed by atoms with van der Waals surface area (Å²) in [5.74, 6) is -2.28. The second-order valence-electron chi connectivity index (χ2n) is 7.41. The molecule has 3 aromatic carbocycles. The lowest BCUT2D eigenvalue weighted by atomic mass is 10.0. The number of benzene rings is 3. The molecule has 1 atom stereocenters. The largest absolute Gasteiger partial charge is 0.465 e. The van der Waals surface area contributed by atoms with Crippen molar-refractivity contribution >= 4 is 41.0 Å². The van der Waals surface area contributed by atoms with Crippen LogP contribution in [0.3, 0.4) is 0 Å². The molecule has 0 radical (unpaired) electrons. The number of anilines is 1. The van der Waals surface area contributed by atoms with Gasteiger partial charge in [-0.05, 0) is 35.9 Å². The van der Waals surface area contributed by atoms with Crippen molar-refractivity contribution in [3.63, 3.8) is 0 Å². The van der Waals surface area contributed by atoms with Crippen LogP contribution in [0.15, 0.2) is 72.8 Å². The molecule has 0 aliphatic rings. The highest BCUT2D eigenvalue weighted by molar-refractivity contribution is 6.33. The van der Waals surface area contributed by atoms with Crippen molar-refractivity contribution in [2.75, 3.05) is 19.5 Å². The lowest BCUT2D eigenvalue weighted by Gasteiger charge is -2.20. The van der Waals surface area contributed by atoms with Gasteiger partial charge < -0.3 is 20.1 Å². The van der Waals surface area contributed by atoms with Gasteiger partial charge >= 0.3 is 11.9 Å². The molecule has 0 bridgehead atoms. The number of methoxy groups -OCH3 is 2. The van der Waals surface area contributed by atoms with Crippen LogP contribution in [0, 0.1) is 0 Å². The lowest BCUT2D eigenvalue weighted by Crippen LogP contribution is -2.32. The smallest absolute Gasteiger partial charge is 0.339 e. The van der Waals surface area contributed by atoms with E-state index in [1.165, 1.54) is 32.4 Å². The Morgan fingerprint density at radius 2 is 1.49 bits per heavy atom. The average Bonchev–Trinajstić information content (AvgIpc) is 2.88. The lowest BCUT2D eigenvalue weighted by molar-refractivity contribution is -0.116. The Balaban J connectivity index is 1.87. The summed E-state index contributed by atoms with van der Waals surface area (Å²) < 4.78 is 9.49. The van der Waals surface area contributed by atoms with E-state index >= 15 is 0 Å². The summed E-state index contributed by atoms with van der Waals surface area (Å²) in [7, 11) is 2.43. The molecular weight excluding hydrogens is 472 g/mol. The van der Waals surface area contributed by atoms with E-state index in [0.29, 0.717) is 5.56 Å². The molecule has 2 N–H and O–H groups in total. The standard InChI is InChI=1S/C26H23ClN2O6/c1-34-25(32)17-12-13-19(26(33)35-2)22(14-17)28-23(30)15-21(16-8-4-3-5-9-16)29-24(31)18-10-6-7-11-20(18)27/h3-14,21H,15H2,1-2H3,(H,28,30)(H,29,31). The summed E-state index contributed by atoms with van der Waals surface area (Å²) in [4.78, 5) is 50.0. The van der Waals surface area contributed by atoms with Crippen molar-refractivity contribution < 1.29 is 28.7 Å². The Morgan fingerprint density at radius 1 is 0.829 bits per heavy atom. The topological polar surface area (TPSA) is 111 Å². The molecule has 0 aliphatic heterocycles. The van der Waals surface area contributed by atoms with E-state index in [2.05, 4.69) is 10.6 Å². The highest BCUT2D eigenvalue weighted by Gasteiger charge is 2.22. The van der Waals surface area contributed by atoms with Crippen LogP contribution < -0.4 is 10.6 Å². The molecule has 0 saturated heterocycles. The van der Waals surface area contributed by atoms with Crippen LogP contribution in [0.1, 0.15) is 49.1 Å². The van der Waals surface area contributed by atoms with Crippen molar-refractivity contribution in [3.8, 4) is 0 Å². The molecule has 180 valence electrons. The summed E-state index contributed by atoms with van der Waals surface area (Å²) in [5, 5.41) is 5.77. The number of amides is 2. The number of halogens is 1. The van der Waals surface area contributed by atoms with E-state index in [1.807, 2.05) is 6.07 Å². The van der Waals surface area contributed by atoms with E-state index < -0.39 is 29.8 Å². The number of rotatable bonds is 8. The predicted molar refractivity (Wildman–Crippen MR) is 130 cm³/mol. The van der Waals surface area contributed by atoms with Crippen molar-refractivity contribution in [1.82, 2.24) is 5.32 Å². The third-order valence-corrected chi connectivity index (χ3v) is 5.46. The van der Waals surface area contributed by atoms with Crippen LogP contribution in [0.4, 0.5) is 5.69 Å². The number of carbonyl (C=O) groups is 4. The fourth-order valence-electron chi connectivity index (χ4n) is 3.39. The van der Waals surface area contributed by atoms with Gasteiger partial charge in [0.15, 0.2) is 0 Å². The van der Waals surface area contributed by atoms with Crippen molar-refractivity contribution in [3.05, 3.63) is 100 Å². The Bertz CT molecular complexity index is 1250. The molecule has 8 nitrogen and oxygen atoms in total. The van der Waals surface area contributed by atoms with Gasteiger partial charge in [0, 0.05) is 0 Å². The Morgan fingerprint density at radius 3 is 2.14 bits per heavy atom. The number of nitrogens with one attached hydrogen (secondary N) is 2. The number of hydrogen-bond donors (Lipinski definition) is 2.